The van der Waals surface area contributed by atoms with Gasteiger partial charge in [-0.05, 0) is 30.0 Å². The molecule has 0 fully saturated rings. The van der Waals surface area contributed by atoms with E-state index in [9.17, 15) is 13.2 Å². The first-order valence-electron chi connectivity index (χ1n) is 6.97. The van der Waals surface area contributed by atoms with Crippen molar-refractivity contribution in [1.82, 2.24) is 5.32 Å². The molecule has 0 unspecified atom stereocenters. The Morgan fingerprint density at radius 1 is 1.22 bits per heavy atom. The highest BCUT2D eigenvalue weighted by atomic mass is 32.2. The van der Waals surface area contributed by atoms with Gasteiger partial charge in [0.1, 0.15) is 4.21 Å². The molecule has 0 aliphatic rings. The largest absolute Gasteiger partial charge is 0.385 e. The highest BCUT2D eigenvalue weighted by Crippen LogP contribution is 2.22. The van der Waals surface area contributed by atoms with Gasteiger partial charge in [0.05, 0.1) is 11.3 Å². The molecule has 0 bridgehead atoms. The molecule has 8 heteroatoms. The molecule has 2 aromatic rings. The predicted molar refractivity (Wildman–Crippen MR) is 90.4 cm³/mol. The van der Waals surface area contributed by atoms with Gasteiger partial charge in [-0.25, -0.2) is 8.42 Å². The summed E-state index contributed by atoms with van der Waals surface area (Å²) in [5.74, 6) is -0.328. The fourth-order valence-electron chi connectivity index (χ4n) is 1.90. The predicted octanol–water partition coefficient (Wildman–Crippen LogP) is 2.32. The van der Waals surface area contributed by atoms with E-state index in [0.29, 0.717) is 19.6 Å². The molecule has 0 radical (unpaired) electrons. The van der Waals surface area contributed by atoms with E-state index in [-0.39, 0.29) is 21.4 Å². The van der Waals surface area contributed by atoms with E-state index in [4.69, 9.17) is 4.74 Å². The van der Waals surface area contributed by atoms with Crippen LogP contribution in [-0.4, -0.2) is 34.6 Å². The topological polar surface area (TPSA) is 84.5 Å². The highest BCUT2D eigenvalue weighted by Gasteiger charge is 2.19. The van der Waals surface area contributed by atoms with Gasteiger partial charge < -0.3 is 10.1 Å². The molecule has 1 amide bonds. The average Bonchev–Trinajstić information content (AvgIpc) is 3.07. The minimum Gasteiger partial charge on any atom is -0.385 e. The molecular formula is C15H18N2O4S2. The highest BCUT2D eigenvalue weighted by molar-refractivity contribution is 7.94. The fourth-order valence-corrected chi connectivity index (χ4v) is 3.97. The minimum atomic E-state index is -3.69. The molecule has 124 valence electrons. The van der Waals surface area contributed by atoms with E-state index in [0.717, 1.165) is 11.3 Å². The third-order valence-corrected chi connectivity index (χ3v) is 5.75. The molecule has 6 nitrogen and oxygen atoms in total. The van der Waals surface area contributed by atoms with Gasteiger partial charge in [0.2, 0.25) is 0 Å². The quantitative estimate of drug-likeness (QED) is 0.713. The number of rotatable bonds is 8. The van der Waals surface area contributed by atoms with Crippen LogP contribution in [0.3, 0.4) is 0 Å². The van der Waals surface area contributed by atoms with Crippen molar-refractivity contribution in [3.05, 3.63) is 47.3 Å². The Morgan fingerprint density at radius 3 is 2.70 bits per heavy atom. The minimum absolute atomic E-state index is 0.202. The molecule has 1 heterocycles. The van der Waals surface area contributed by atoms with Gasteiger partial charge in [0, 0.05) is 20.3 Å². The van der Waals surface area contributed by atoms with E-state index in [1.165, 1.54) is 6.07 Å². The molecule has 0 saturated heterocycles. The molecule has 1 aromatic heterocycles. The third-order valence-electron chi connectivity index (χ3n) is 2.99. The zero-order chi connectivity index (χ0) is 16.7. The molecule has 0 atom stereocenters. The Hall–Kier alpha value is -1.90. The lowest BCUT2D eigenvalue weighted by molar-refractivity contribution is 0.0949. The van der Waals surface area contributed by atoms with Gasteiger partial charge in [-0.3, -0.25) is 9.52 Å². The molecule has 0 aliphatic carbocycles. The number of benzene rings is 1. The van der Waals surface area contributed by atoms with Crippen LogP contribution in [0.2, 0.25) is 0 Å². The lowest BCUT2D eigenvalue weighted by Crippen LogP contribution is -2.26. The molecule has 0 spiro atoms. The summed E-state index contributed by atoms with van der Waals surface area (Å²) in [5.41, 5.74) is 0.537. The summed E-state index contributed by atoms with van der Waals surface area (Å²) in [4.78, 5) is 12.2. The van der Waals surface area contributed by atoms with Crippen molar-refractivity contribution in [2.24, 2.45) is 0 Å². The van der Waals surface area contributed by atoms with Crippen LogP contribution in [0.4, 0.5) is 5.69 Å². The Morgan fingerprint density at radius 2 is 2.00 bits per heavy atom. The van der Waals surface area contributed by atoms with Gasteiger partial charge in [-0.2, -0.15) is 0 Å². The Balaban J connectivity index is 2.13. The third kappa shape index (κ3) is 4.78. The lowest BCUT2D eigenvalue weighted by Gasteiger charge is -2.12. The van der Waals surface area contributed by atoms with Crippen molar-refractivity contribution in [3.8, 4) is 0 Å². The van der Waals surface area contributed by atoms with Crippen LogP contribution in [0.5, 0.6) is 0 Å². The number of para-hydroxylation sites is 1. The Kier molecular flexibility index (Phi) is 6.14. The number of anilines is 1. The fraction of sp³-hybridized carbons (Fsp3) is 0.267. The monoisotopic (exact) mass is 354 g/mol. The zero-order valence-electron chi connectivity index (χ0n) is 12.6. The summed E-state index contributed by atoms with van der Waals surface area (Å²) < 4.78 is 32.2. The second-order valence-corrected chi connectivity index (χ2v) is 7.54. The van der Waals surface area contributed by atoms with E-state index >= 15 is 0 Å². The second-order valence-electron chi connectivity index (χ2n) is 4.69. The smallest absolute Gasteiger partial charge is 0.271 e. The summed E-state index contributed by atoms with van der Waals surface area (Å²) in [6.45, 7) is 1.01. The number of amides is 1. The number of carbonyl (C=O) groups excluding carboxylic acids is 1. The number of carbonyl (C=O) groups is 1. The first-order valence-corrected chi connectivity index (χ1v) is 9.33. The van der Waals surface area contributed by atoms with Gasteiger partial charge in [0.15, 0.2) is 0 Å². The molecule has 2 rings (SSSR count). The van der Waals surface area contributed by atoms with Crippen LogP contribution in [0, 0.1) is 0 Å². The number of hydrogen-bond donors (Lipinski definition) is 2. The summed E-state index contributed by atoms with van der Waals surface area (Å²) >= 11 is 1.12. The average molecular weight is 354 g/mol. The number of nitrogens with one attached hydrogen (secondary N) is 2. The summed E-state index contributed by atoms with van der Waals surface area (Å²) in [6.07, 6.45) is 0.686. The maximum absolute atomic E-state index is 12.3. The van der Waals surface area contributed by atoms with Crippen LogP contribution in [0.15, 0.2) is 46.0 Å². The Labute approximate surface area is 139 Å². The number of thiophene rings is 1. The summed E-state index contributed by atoms with van der Waals surface area (Å²) in [6, 6.07) is 9.68. The van der Waals surface area contributed by atoms with Crippen LogP contribution in [0.1, 0.15) is 16.8 Å². The second kappa shape index (κ2) is 8.09. The molecule has 1 aromatic carbocycles. The van der Waals surface area contributed by atoms with Crippen LogP contribution >= 0.6 is 11.3 Å². The number of ether oxygens (including phenoxy) is 1. The lowest BCUT2D eigenvalue weighted by atomic mass is 10.1. The van der Waals surface area contributed by atoms with Crippen molar-refractivity contribution >= 4 is 33.0 Å². The first-order chi connectivity index (χ1) is 11.0. The van der Waals surface area contributed by atoms with Crippen molar-refractivity contribution in [1.29, 1.82) is 0 Å². The van der Waals surface area contributed by atoms with E-state index in [1.807, 2.05) is 0 Å². The van der Waals surface area contributed by atoms with Crippen molar-refractivity contribution in [3.63, 3.8) is 0 Å². The number of sulfonamides is 1. The number of hydrogen-bond acceptors (Lipinski definition) is 5. The van der Waals surface area contributed by atoms with Crippen molar-refractivity contribution in [2.75, 3.05) is 25.0 Å². The van der Waals surface area contributed by atoms with E-state index < -0.39 is 10.0 Å². The molecular weight excluding hydrogens is 336 g/mol. The molecule has 2 N–H and O–H groups in total. The van der Waals surface area contributed by atoms with Gasteiger partial charge in [0.25, 0.3) is 15.9 Å². The van der Waals surface area contributed by atoms with Crippen molar-refractivity contribution < 1.29 is 17.9 Å². The Bertz CT molecular complexity index is 743. The first kappa shape index (κ1) is 17.5. The molecule has 23 heavy (non-hydrogen) atoms. The molecule has 0 saturated carbocycles. The van der Waals surface area contributed by atoms with Crippen LogP contribution < -0.4 is 10.0 Å². The SMILES string of the molecule is COCCCNC(=O)c1ccccc1NS(=O)(=O)c1cccs1. The van der Waals surface area contributed by atoms with E-state index in [2.05, 4.69) is 10.0 Å². The van der Waals surface area contributed by atoms with Crippen LogP contribution in [0.25, 0.3) is 0 Å². The maximum atomic E-state index is 12.3. The standard InChI is InChI=1S/C15H18N2O4S2/c1-21-10-5-9-16-15(18)12-6-2-3-7-13(12)17-23(19,20)14-8-4-11-22-14/h2-4,6-8,11,17H,5,9-10H2,1H3,(H,16,18). The van der Waals surface area contributed by atoms with Crippen molar-refractivity contribution in [2.45, 2.75) is 10.6 Å². The maximum Gasteiger partial charge on any atom is 0.271 e. The van der Waals surface area contributed by atoms with Gasteiger partial charge in [-0.1, -0.05) is 18.2 Å². The normalized spacial score (nSPS) is 11.2. The van der Waals surface area contributed by atoms with Gasteiger partial charge >= 0.3 is 0 Å². The zero-order valence-corrected chi connectivity index (χ0v) is 14.2. The summed E-state index contributed by atoms with van der Waals surface area (Å²) in [5, 5.41) is 4.43. The molecule has 0 aliphatic heterocycles. The van der Waals surface area contributed by atoms with E-state index in [1.54, 1.807) is 42.8 Å². The summed E-state index contributed by atoms with van der Waals surface area (Å²) in [7, 11) is -2.09. The van der Waals surface area contributed by atoms with Crippen LogP contribution in [-0.2, 0) is 14.8 Å². The van der Waals surface area contributed by atoms with Gasteiger partial charge in [-0.15, -0.1) is 11.3 Å². The number of methoxy groups -OCH3 is 1.